The number of thiophene rings is 1. The van der Waals surface area contributed by atoms with Gasteiger partial charge >= 0.3 is 0 Å². The van der Waals surface area contributed by atoms with Gasteiger partial charge in [-0.05, 0) is 67.5 Å². The van der Waals surface area contributed by atoms with Crippen LogP contribution < -0.4 is 4.74 Å². The summed E-state index contributed by atoms with van der Waals surface area (Å²) in [5.41, 5.74) is 2.76. The van der Waals surface area contributed by atoms with Gasteiger partial charge in [-0.3, -0.25) is 9.59 Å². The molecular weight excluding hydrogens is 468 g/mol. The van der Waals surface area contributed by atoms with Crippen LogP contribution in [0.1, 0.15) is 45.2 Å². The van der Waals surface area contributed by atoms with Crippen molar-refractivity contribution >= 4 is 34.8 Å². The van der Waals surface area contributed by atoms with Gasteiger partial charge < -0.3 is 14.5 Å². The summed E-state index contributed by atoms with van der Waals surface area (Å²) in [6.45, 7) is 3.08. The predicted molar refractivity (Wildman–Crippen MR) is 135 cm³/mol. The summed E-state index contributed by atoms with van der Waals surface area (Å²) in [6.07, 6.45) is 2.65. The van der Waals surface area contributed by atoms with Crippen molar-refractivity contribution in [1.82, 2.24) is 9.80 Å². The van der Waals surface area contributed by atoms with Crippen molar-refractivity contribution in [3.05, 3.63) is 86.6 Å². The van der Waals surface area contributed by atoms with Crippen LogP contribution in [0.5, 0.6) is 5.75 Å². The molecule has 3 aromatic rings. The molecule has 2 aliphatic rings. The largest absolute Gasteiger partial charge is 0.491 e. The van der Waals surface area contributed by atoms with Crippen molar-refractivity contribution in [2.24, 2.45) is 0 Å². The Kier molecular flexibility index (Phi) is 6.61. The number of halogens is 1. The summed E-state index contributed by atoms with van der Waals surface area (Å²) in [5.74, 6) is 0.553. The summed E-state index contributed by atoms with van der Waals surface area (Å²) in [6, 6.07) is 17.0. The summed E-state index contributed by atoms with van der Waals surface area (Å²) < 4.78 is 6.12. The molecule has 0 bridgehead atoms. The van der Waals surface area contributed by atoms with Gasteiger partial charge in [0.25, 0.3) is 5.91 Å². The Bertz CT molecular complexity index is 1190. The maximum absolute atomic E-state index is 13.6. The lowest BCUT2D eigenvalue weighted by molar-refractivity contribution is -0.135. The van der Waals surface area contributed by atoms with E-state index >= 15 is 0 Å². The molecule has 1 saturated carbocycles. The molecule has 0 N–H and O–H groups in total. The number of fused-ring (bicyclic) bond motifs is 1. The Morgan fingerprint density at radius 2 is 1.88 bits per heavy atom. The van der Waals surface area contributed by atoms with E-state index in [0.717, 1.165) is 30.6 Å². The fraction of sp³-hybridized carbons (Fsp3) is 0.333. The summed E-state index contributed by atoms with van der Waals surface area (Å²) in [4.78, 5) is 31.8. The SMILES string of the molecule is Cc1ccc(OCC2c3ccsc3CCN2C(=O)CN(C(=O)c2ccccc2Cl)C2CC2)cc1. The van der Waals surface area contributed by atoms with Gasteiger partial charge in [0.15, 0.2) is 0 Å². The molecule has 0 spiro atoms. The van der Waals surface area contributed by atoms with Gasteiger partial charge in [-0.25, -0.2) is 0 Å². The molecule has 5 nitrogen and oxygen atoms in total. The molecule has 2 aromatic carbocycles. The molecule has 1 aromatic heterocycles. The van der Waals surface area contributed by atoms with Gasteiger partial charge in [-0.15, -0.1) is 11.3 Å². The van der Waals surface area contributed by atoms with E-state index in [9.17, 15) is 9.59 Å². The lowest BCUT2D eigenvalue weighted by Crippen LogP contribution is -2.48. The molecule has 34 heavy (non-hydrogen) atoms. The number of amides is 2. The van der Waals surface area contributed by atoms with Gasteiger partial charge in [0, 0.05) is 17.5 Å². The first kappa shape index (κ1) is 22.9. The summed E-state index contributed by atoms with van der Waals surface area (Å²) >= 11 is 8.02. The molecule has 7 heteroatoms. The second-order valence-electron chi connectivity index (χ2n) is 8.92. The summed E-state index contributed by atoms with van der Waals surface area (Å²) in [7, 11) is 0. The first-order valence-corrected chi connectivity index (χ1v) is 12.9. The molecule has 176 valence electrons. The Morgan fingerprint density at radius 1 is 1.12 bits per heavy atom. The number of carbonyl (C=O) groups is 2. The minimum Gasteiger partial charge on any atom is -0.491 e. The van der Waals surface area contributed by atoms with Crippen molar-refractivity contribution in [3.63, 3.8) is 0 Å². The van der Waals surface area contributed by atoms with Crippen LogP contribution in [0, 0.1) is 6.92 Å². The standard InChI is InChI=1S/C27H27ClN2O3S/c1-18-6-10-20(11-7-18)33-17-24-22-13-15-34-25(22)12-14-29(24)26(31)16-30(19-8-9-19)27(32)21-4-2-3-5-23(21)28/h2-7,10-11,13,15,19,24H,8-9,12,14,16-17H2,1H3. The van der Waals surface area contributed by atoms with Crippen LogP contribution in [-0.2, 0) is 11.2 Å². The van der Waals surface area contributed by atoms with E-state index in [4.69, 9.17) is 16.3 Å². The highest BCUT2D eigenvalue weighted by Gasteiger charge is 2.38. The van der Waals surface area contributed by atoms with E-state index in [-0.39, 0.29) is 30.4 Å². The lowest BCUT2D eigenvalue weighted by Gasteiger charge is -2.37. The monoisotopic (exact) mass is 494 g/mol. The second-order valence-corrected chi connectivity index (χ2v) is 10.3. The number of ether oxygens (including phenoxy) is 1. The highest BCUT2D eigenvalue weighted by Crippen LogP contribution is 2.35. The van der Waals surface area contributed by atoms with Crippen LogP contribution in [0.15, 0.2) is 60.0 Å². The molecule has 2 heterocycles. The van der Waals surface area contributed by atoms with Gasteiger partial charge in [0.05, 0.1) is 16.6 Å². The third-order valence-corrected chi connectivity index (χ3v) is 7.83. The van der Waals surface area contributed by atoms with Gasteiger partial charge in [-0.2, -0.15) is 0 Å². The third-order valence-electron chi connectivity index (χ3n) is 6.50. The van der Waals surface area contributed by atoms with Crippen LogP contribution in [0.2, 0.25) is 5.02 Å². The number of hydrogen-bond acceptors (Lipinski definition) is 4. The van der Waals surface area contributed by atoms with Crippen LogP contribution >= 0.6 is 22.9 Å². The number of aryl methyl sites for hydroxylation is 1. The highest BCUT2D eigenvalue weighted by atomic mass is 35.5. The smallest absolute Gasteiger partial charge is 0.256 e. The van der Waals surface area contributed by atoms with Crippen molar-refractivity contribution < 1.29 is 14.3 Å². The number of rotatable bonds is 7. The van der Waals surface area contributed by atoms with Crippen molar-refractivity contribution in [3.8, 4) is 5.75 Å². The zero-order valence-corrected chi connectivity index (χ0v) is 20.6. The molecule has 5 rings (SSSR count). The van der Waals surface area contributed by atoms with E-state index in [2.05, 4.69) is 11.4 Å². The van der Waals surface area contributed by atoms with Crippen LogP contribution in [0.3, 0.4) is 0 Å². The maximum atomic E-state index is 13.6. The van der Waals surface area contributed by atoms with Gasteiger partial charge in [0.2, 0.25) is 5.91 Å². The average molecular weight is 495 g/mol. The lowest BCUT2D eigenvalue weighted by atomic mass is 10.0. The van der Waals surface area contributed by atoms with E-state index in [1.54, 1.807) is 40.5 Å². The predicted octanol–water partition coefficient (Wildman–Crippen LogP) is 5.52. The van der Waals surface area contributed by atoms with Crippen molar-refractivity contribution in [1.29, 1.82) is 0 Å². The Morgan fingerprint density at radius 3 is 2.62 bits per heavy atom. The molecule has 1 atom stereocenters. The van der Waals surface area contributed by atoms with E-state index in [1.165, 1.54) is 10.4 Å². The number of benzene rings is 2. The minimum absolute atomic E-state index is 0.0508. The molecular formula is C27H27ClN2O3S. The molecule has 0 saturated heterocycles. The van der Waals surface area contributed by atoms with E-state index in [1.807, 2.05) is 36.1 Å². The van der Waals surface area contributed by atoms with Crippen LogP contribution in [0.4, 0.5) is 0 Å². The van der Waals surface area contributed by atoms with Gasteiger partial charge in [0.1, 0.15) is 18.9 Å². The maximum Gasteiger partial charge on any atom is 0.256 e. The number of hydrogen-bond donors (Lipinski definition) is 0. The highest BCUT2D eigenvalue weighted by molar-refractivity contribution is 7.10. The second kappa shape index (κ2) is 9.80. The fourth-order valence-electron chi connectivity index (χ4n) is 4.46. The Labute approximate surface area is 208 Å². The minimum atomic E-state index is -0.180. The average Bonchev–Trinajstić information content (AvgIpc) is 3.57. The van der Waals surface area contributed by atoms with Crippen LogP contribution in [-0.4, -0.2) is 47.4 Å². The topological polar surface area (TPSA) is 49.9 Å². The number of nitrogens with zero attached hydrogens (tertiary/aromatic N) is 2. The zero-order valence-electron chi connectivity index (χ0n) is 19.1. The van der Waals surface area contributed by atoms with Crippen LogP contribution in [0.25, 0.3) is 0 Å². The molecule has 0 radical (unpaired) electrons. The molecule has 1 unspecified atom stereocenters. The zero-order chi connectivity index (χ0) is 23.7. The van der Waals surface area contributed by atoms with E-state index in [0.29, 0.717) is 23.7 Å². The Balaban J connectivity index is 1.34. The molecule has 2 amide bonds. The van der Waals surface area contributed by atoms with Crippen molar-refractivity contribution in [2.75, 3.05) is 19.7 Å². The molecule has 1 aliphatic carbocycles. The molecule has 1 fully saturated rings. The van der Waals surface area contributed by atoms with Crippen molar-refractivity contribution in [2.45, 2.75) is 38.3 Å². The third kappa shape index (κ3) is 4.84. The van der Waals surface area contributed by atoms with E-state index < -0.39 is 0 Å². The first-order chi connectivity index (χ1) is 16.5. The Hall–Kier alpha value is -2.83. The number of carbonyl (C=O) groups excluding carboxylic acids is 2. The molecule has 1 aliphatic heterocycles. The normalized spacial score (nSPS) is 17.2. The van der Waals surface area contributed by atoms with Gasteiger partial charge in [-0.1, -0.05) is 41.4 Å². The fourth-order valence-corrected chi connectivity index (χ4v) is 5.61. The first-order valence-electron chi connectivity index (χ1n) is 11.6. The quantitative estimate of drug-likeness (QED) is 0.434. The summed E-state index contributed by atoms with van der Waals surface area (Å²) in [5, 5.41) is 2.49.